The monoisotopic (exact) mass is 180 g/mol. The van der Waals surface area contributed by atoms with Gasteiger partial charge in [-0.2, -0.15) is 4.90 Å². The van der Waals surface area contributed by atoms with Crippen LogP contribution in [0, 0.1) is 10.4 Å². The predicted molar refractivity (Wildman–Crippen MR) is 50.2 cm³/mol. The van der Waals surface area contributed by atoms with Gasteiger partial charge in [0, 0.05) is 24.1 Å². The van der Waals surface area contributed by atoms with Crippen LogP contribution < -0.4 is 0 Å². The minimum atomic E-state index is -0.466. The van der Waals surface area contributed by atoms with E-state index in [1.165, 1.54) is 24.3 Å². The molecule has 1 N–H and O–H groups in total. The summed E-state index contributed by atoms with van der Waals surface area (Å²) < 4.78 is 0. The largest absolute Gasteiger partial charge is 0.612 e. The zero-order valence-corrected chi connectivity index (χ0v) is 7.23. The molecule has 0 aromatic rings. The van der Waals surface area contributed by atoms with E-state index in [0.717, 1.165) is 0 Å². The third-order valence-corrected chi connectivity index (χ3v) is 1.75. The number of hydrogen-bond acceptors (Lipinski definition) is 3. The van der Waals surface area contributed by atoms with Crippen LogP contribution in [-0.2, 0) is 0 Å². The molecule has 0 fully saturated rings. The van der Waals surface area contributed by atoms with Gasteiger partial charge in [0.25, 0.3) is 0 Å². The molecule has 70 valence electrons. The van der Waals surface area contributed by atoms with Gasteiger partial charge in [0.15, 0.2) is 0 Å². The highest BCUT2D eigenvalue weighted by atomic mass is 16.8. The molecule has 1 aliphatic rings. The summed E-state index contributed by atoms with van der Waals surface area (Å²) in [4.78, 5) is -0.466. The normalized spacial score (nSPS) is 14.8. The molecule has 4 nitrogen and oxygen atoms in total. The van der Waals surface area contributed by atoms with E-state index in [0.29, 0.717) is 12.0 Å². The van der Waals surface area contributed by atoms with Crippen molar-refractivity contribution in [2.45, 2.75) is 13.3 Å². The maximum atomic E-state index is 10.3. The zero-order valence-electron chi connectivity index (χ0n) is 7.23. The summed E-state index contributed by atoms with van der Waals surface area (Å²) in [7, 11) is 0. The fraction of sp³-hybridized carbons (Fsp3) is 0.222. The number of aliphatic hydroxyl groups excluding tert-OH is 1. The molecule has 0 amide bonds. The van der Waals surface area contributed by atoms with Crippen LogP contribution in [0.15, 0.2) is 35.6 Å². The van der Waals surface area contributed by atoms with Crippen molar-refractivity contribution in [3.8, 4) is 0 Å². The van der Waals surface area contributed by atoms with Crippen LogP contribution in [0.2, 0.25) is 0 Å². The maximum absolute atomic E-state index is 10.3. The van der Waals surface area contributed by atoms with Crippen LogP contribution in [0.1, 0.15) is 13.3 Å². The lowest BCUT2D eigenvalue weighted by Gasteiger charge is -2.08. The quantitative estimate of drug-likeness (QED) is 0.380. The van der Waals surface area contributed by atoms with Gasteiger partial charge in [-0.25, -0.2) is 0 Å². The van der Waals surface area contributed by atoms with Crippen molar-refractivity contribution in [2.75, 3.05) is 0 Å². The van der Waals surface area contributed by atoms with Gasteiger partial charge in [0.2, 0.25) is 5.71 Å². The van der Waals surface area contributed by atoms with Crippen LogP contribution in [0.25, 0.3) is 0 Å². The molecular weight excluding hydrogens is 170 g/mol. The average molecular weight is 180 g/mol. The molecule has 0 spiro atoms. The van der Waals surface area contributed by atoms with Crippen molar-refractivity contribution in [3.63, 3.8) is 0 Å². The minimum absolute atomic E-state index is 0.0349. The summed E-state index contributed by atoms with van der Waals surface area (Å²) in [6, 6.07) is 0. The molecule has 4 heteroatoms. The summed E-state index contributed by atoms with van der Waals surface area (Å²) in [6.45, 7) is 1.82. The van der Waals surface area contributed by atoms with E-state index in [-0.39, 0.29) is 11.5 Å². The Balaban J connectivity index is 2.93. The summed E-state index contributed by atoms with van der Waals surface area (Å²) in [5, 5.41) is 29.9. The molecule has 1 rings (SSSR count). The standard InChI is InChI=1S/C9H10NO3/c1-2-9(11)7-3-5-8(6-4-7)10(12)13/h3-6H,2H2,1H3,(H-,11,12,13)/q-1. The highest BCUT2D eigenvalue weighted by Gasteiger charge is 2.05. The first-order chi connectivity index (χ1) is 6.15. The second-order valence-electron chi connectivity index (χ2n) is 2.60. The predicted octanol–water partition coefficient (Wildman–Crippen LogP) is 1.78. The third kappa shape index (κ3) is 2.11. The summed E-state index contributed by atoms with van der Waals surface area (Å²) >= 11 is 0. The first kappa shape index (κ1) is 9.38. The van der Waals surface area contributed by atoms with Gasteiger partial charge >= 0.3 is 0 Å². The summed E-state index contributed by atoms with van der Waals surface area (Å²) in [5.41, 5.74) is 0.667. The lowest BCUT2D eigenvalue weighted by Crippen LogP contribution is -2.06. The van der Waals surface area contributed by atoms with E-state index in [1.807, 2.05) is 6.92 Å². The third-order valence-electron chi connectivity index (χ3n) is 1.75. The lowest BCUT2D eigenvalue weighted by atomic mass is 10.1. The van der Waals surface area contributed by atoms with Crippen LogP contribution in [0.4, 0.5) is 0 Å². The Morgan fingerprint density at radius 3 is 2.23 bits per heavy atom. The van der Waals surface area contributed by atoms with E-state index < -0.39 is 4.90 Å². The first-order valence-corrected chi connectivity index (χ1v) is 3.94. The summed E-state index contributed by atoms with van der Waals surface area (Å²) in [6.07, 6.45) is 6.36. The zero-order chi connectivity index (χ0) is 9.84. The van der Waals surface area contributed by atoms with Crippen molar-refractivity contribution in [1.82, 2.24) is 0 Å². The topological polar surface area (TPSA) is 69.4 Å². The SMILES string of the molecule is CCC(O)=C1C=CC(=[N+]([O-])[O-])C=C1. The molecule has 0 radical (unpaired) electrons. The van der Waals surface area contributed by atoms with Crippen molar-refractivity contribution in [3.05, 3.63) is 46.1 Å². The molecule has 0 atom stereocenters. The van der Waals surface area contributed by atoms with E-state index in [1.54, 1.807) is 0 Å². The van der Waals surface area contributed by atoms with Crippen molar-refractivity contribution < 1.29 is 10.0 Å². The Hall–Kier alpha value is -1.71. The van der Waals surface area contributed by atoms with Crippen LogP contribution in [-0.4, -0.2) is 15.7 Å². The molecule has 0 aromatic heterocycles. The van der Waals surface area contributed by atoms with Gasteiger partial charge in [-0.3, -0.25) is 0 Å². The fourth-order valence-corrected chi connectivity index (χ4v) is 0.980. The average Bonchev–Trinajstić information content (AvgIpc) is 2.17. The number of nitrogens with zero attached hydrogens (tertiary/aromatic N) is 1. The second-order valence-corrected chi connectivity index (χ2v) is 2.60. The second kappa shape index (κ2) is 3.80. The molecule has 0 aromatic carbocycles. The molecule has 0 saturated carbocycles. The van der Waals surface area contributed by atoms with E-state index >= 15 is 0 Å². The van der Waals surface area contributed by atoms with Crippen molar-refractivity contribution in [2.24, 2.45) is 0 Å². The Bertz CT molecular complexity index is 302. The number of aliphatic hydroxyl groups is 1. The maximum Gasteiger partial charge on any atom is 0.222 e. The molecule has 0 aliphatic heterocycles. The van der Waals surface area contributed by atoms with E-state index in [4.69, 9.17) is 0 Å². The van der Waals surface area contributed by atoms with Gasteiger partial charge in [-0.1, -0.05) is 6.92 Å². The van der Waals surface area contributed by atoms with Gasteiger partial charge in [-0.15, -0.1) is 0 Å². The number of allylic oxidation sites excluding steroid dienone is 6. The number of rotatable bonds is 1. The molecule has 0 saturated heterocycles. The van der Waals surface area contributed by atoms with Crippen LogP contribution in [0.3, 0.4) is 0 Å². The Morgan fingerprint density at radius 1 is 1.31 bits per heavy atom. The molecular formula is C9H10NO3-. The highest BCUT2D eigenvalue weighted by molar-refractivity contribution is 6.02. The summed E-state index contributed by atoms with van der Waals surface area (Å²) in [5.74, 6) is 0.245. The fourth-order valence-electron chi connectivity index (χ4n) is 0.980. The van der Waals surface area contributed by atoms with E-state index in [2.05, 4.69) is 0 Å². The number of hydrogen-bond donors (Lipinski definition) is 1. The van der Waals surface area contributed by atoms with Crippen LogP contribution in [0.5, 0.6) is 0 Å². The van der Waals surface area contributed by atoms with Crippen molar-refractivity contribution in [1.29, 1.82) is 0 Å². The molecule has 1 aliphatic carbocycles. The first-order valence-electron chi connectivity index (χ1n) is 3.94. The Labute approximate surface area is 76.0 Å². The molecule has 0 bridgehead atoms. The Morgan fingerprint density at radius 2 is 1.85 bits per heavy atom. The lowest BCUT2D eigenvalue weighted by molar-refractivity contribution is -0.377. The Kier molecular flexibility index (Phi) is 2.74. The van der Waals surface area contributed by atoms with E-state index in [9.17, 15) is 15.5 Å². The van der Waals surface area contributed by atoms with Crippen LogP contribution >= 0.6 is 0 Å². The minimum Gasteiger partial charge on any atom is -0.612 e. The molecule has 0 heterocycles. The molecule has 0 unspecified atom stereocenters. The van der Waals surface area contributed by atoms with Gasteiger partial charge in [0.1, 0.15) is 0 Å². The van der Waals surface area contributed by atoms with Crippen molar-refractivity contribution >= 4 is 5.71 Å². The van der Waals surface area contributed by atoms with Gasteiger partial charge in [0.05, 0.1) is 5.76 Å². The van der Waals surface area contributed by atoms with Gasteiger partial charge < -0.3 is 15.5 Å². The smallest absolute Gasteiger partial charge is 0.222 e. The highest BCUT2D eigenvalue weighted by Crippen LogP contribution is 2.12. The molecule has 13 heavy (non-hydrogen) atoms. The van der Waals surface area contributed by atoms with Gasteiger partial charge in [-0.05, 0) is 12.2 Å².